The third-order valence-electron chi connectivity index (χ3n) is 3.16. The molecule has 0 atom stereocenters. The lowest BCUT2D eigenvalue weighted by Crippen LogP contribution is -2.31. The second-order valence-electron chi connectivity index (χ2n) is 4.55. The van der Waals surface area contributed by atoms with E-state index in [9.17, 15) is 8.42 Å². The van der Waals surface area contributed by atoms with E-state index in [0.717, 1.165) is 11.7 Å². The van der Waals surface area contributed by atoms with Crippen molar-refractivity contribution in [1.82, 2.24) is 8.75 Å². The average Bonchev–Trinajstić information content (AvgIpc) is 3.01. The summed E-state index contributed by atoms with van der Waals surface area (Å²) >= 11 is 1.00. The number of anilines is 1. The highest BCUT2D eigenvalue weighted by atomic mass is 32.2. The van der Waals surface area contributed by atoms with Gasteiger partial charge in [0.05, 0.1) is 24.0 Å². The number of sulfonamides is 1. The normalized spacial score (nSPS) is 11.5. The molecule has 3 rings (SSSR count). The Hall–Kier alpha value is -2.25. The molecule has 1 aromatic heterocycles. The molecule has 0 unspecified atom stereocenters. The fraction of sp³-hybridized carbons (Fsp3) is 0.0667. The highest BCUT2D eigenvalue weighted by molar-refractivity contribution is 7.93. The minimum atomic E-state index is -3.75. The highest BCUT2D eigenvalue weighted by Gasteiger charge is 2.27. The van der Waals surface area contributed by atoms with Crippen LogP contribution < -0.4 is 4.31 Å². The Bertz CT molecular complexity index is 905. The zero-order valence-corrected chi connectivity index (χ0v) is 13.2. The second-order valence-corrected chi connectivity index (χ2v) is 6.91. The maximum atomic E-state index is 13.0. The zero-order chi connectivity index (χ0) is 15.6. The van der Waals surface area contributed by atoms with Crippen LogP contribution in [0.25, 0.3) is 11.0 Å². The molecule has 3 aromatic rings. The minimum absolute atomic E-state index is 0.157. The van der Waals surface area contributed by atoms with Crippen LogP contribution >= 0.6 is 11.7 Å². The first kappa shape index (κ1) is 14.7. The molecule has 5 nitrogen and oxygen atoms in total. The second kappa shape index (κ2) is 5.86. The third-order valence-corrected chi connectivity index (χ3v) is 5.52. The van der Waals surface area contributed by atoms with Gasteiger partial charge in [-0.15, -0.1) is 6.58 Å². The lowest BCUT2D eigenvalue weighted by Gasteiger charge is -2.23. The number of fused-ring (bicyclic) bond motifs is 1. The van der Waals surface area contributed by atoms with Gasteiger partial charge in [-0.3, -0.25) is 4.31 Å². The van der Waals surface area contributed by atoms with Crippen LogP contribution in [0, 0.1) is 0 Å². The standard InChI is InChI=1S/C15H13N3O2S2/c1-2-11-18(12-7-4-3-5-8-12)22(19,20)14-10-6-9-13-15(14)17-21-16-13/h2-10H,1,11H2. The van der Waals surface area contributed by atoms with E-state index in [-0.39, 0.29) is 11.4 Å². The summed E-state index contributed by atoms with van der Waals surface area (Å²) in [5, 5.41) is 0. The van der Waals surface area contributed by atoms with Crippen LogP contribution in [0.5, 0.6) is 0 Å². The Morgan fingerprint density at radius 2 is 1.86 bits per heavy atom. The van der Waals surface area contributed by atoms with E-state index in [4.69, 9.17) is 0 Å². The Labute approximate surface area is 132 Å². The van der Waals surface area contributed by atoms with Gasteiger partial charge in [-0.1, -0.05) is 30.3 Å². The van der Waals surface area contributed by atoms with Crippen molar-refractivity contribution in [3.63, 3.8) is 0 Å². The first-order chi connectivity index (χ1) is 10.6. The molecule has 2 aromatic carbocycles. The highest BCUT2D eigenvalue weighted by Crippen LogP contribution is 2.28. The van der Waals surface area contributed by atoms with Gasteiger partial charge in [0, 0.05) is 0 Å². The fourth-order valence-electron chi connectivity index (χ4n) is 2.16. The summed E-state index contributed by atoms with van der Waals surface area (Å²) < 4.78 is 35.6. The summed E-state index contributed by atoms with van der Waals surface area (Å²) in [5.74, 6) is 0. The van der Waals surface area contributed by atoms with E-state index < -0.39 is 10.0 Å². The van der Waals surface area contributed by atoms with Gasteiger partial charge in [-0.25, -0.2) is 8.42 Å². The van der Waals surface area contributed by atoms with Crippen molar-refractivity contribution in [1.29, 1.82) is 0 Å². The van der Waals surface area contributed by atoms with Crippen LogP contribution in [0.2, 0.25) is 0 Å². The molecule has 0 radical (unpaired) electrons. The predicted molar refractivity (Wildman–Crippen MR) is 88.6 cm³/mol. The number of benzene rings is 2. The van der Waals surface area contributed by atoms with Crippen molar-refractivity contribution < 1.29 is 8.42 Å². The van der Waals surface area contributed by atoms with Crippen LogP contribution in [0.15, 0.2) is 66.1 Å². The van der Waals surface area contributed by atoms with Gasteiger partial charge >= 0.3 is 0 Å². The molecular weight excluding hydrogens is 318 g/mol. The Morgan fingerprint density at radius 3 is 2.59 bits per heavy atom. The SMILES string of the molecule is C=CCN(c1ccccc1)S(=O)(=O)c1cccc2nsnc12. The van der Waals surface area contributed by atoms with Crippen LogP contribution in [-0.4, -0.2) is 23.7 Å². The summed E-state index contributed by atoms with van der Waals surface area (Å²) in [6, 6.07) is 13.9. The summed E-state index contributed by atoms with van der Waals surface area (Å²) in [6.07, 6.45) is 1.56. The summed E-state index contributed by atoms with van der Waals surface area (Å²) in [7, 11) is -3.75. The van der Waals surface area contributed by atoms with Gasteiger partial charge in [0.2, 0.25) is 0 Å². The minimum Gasteiger partial charge on any atom is -0.262 e. The molecule has 0 N–H and O–H groups in total. The van der Waals surface area contributed by atoms with E-state index in [1.54, 1.807) is 48.5 Å². The first-order valence-electron chi connectivity index (χ1n) is 6.54. The van der Waals surface area contributed by atoms with Gasteiger partial charge in [-0.05, 0) is 24.3 Å². The summed E-state index contributed by atoms with van der Waals surface area (Å²) in [6.45, 7) is 3.83. The van der Waals surface area contributed by atoms with Gasteiger partial charge in [0.25, 0.3) is 10.0 Å². The molecule has 7 heteroatoms. The monoisotopic (exact) mass is 331 g/mol. The van der Waals surface area contributed by atoms with Crippen molar-refractivity contribution in [3.05, 3.63) is 61.2 Å². The van der Waals surface area contributed by atoms with Crippen molar-refractivity contribution in [2.24, 2.45) is 0 Å². The molecule has 0 bridgehead atoms. The Balaban J connectivity index is 2.18. The van der Waals surface area contributed by atoms with Crippen molar-refractivity contribution in [2.75, 3.05) is 10.8 Å². The van der Waals surface area contributed by atoms with Crippen molar-refractivity contribution in [2.45, 2.75) is 4.90 Å². The molecule has 112 valence electrons. The van der Waals surface area contributed by atoms with E-state index >= 15 is 0 Å². The maximum Gasteiger partial charge on any atom is 0.266 e. The van der Waals surface area contributed by atoms with Gasteiger partial charge < -0.3 is 0 Å². The molecule has 0 aliphatic heterocycles. The van der Waals surface area contributed by atoms with Gasteiger partial charge in [-0.2, -0.15) is 8.75 Å². The quantitative estimate of drug-likeness (QED) is 0.674. The van der Waals surface area contributed by atoms with Gasteiger partial charge in [0.1, 0.15) is 15.9 Å². The number of para-hydroxylation sites is 1. The molecular formula is C15H13N3O2S2. The van der Waals surface area contributed by atoms with Crippen molar-refractivity contribution in [3.8, 4) is 0 Å². The van der Waals surface area contributed by atoms with Gasteiger partial charge in [0.15, 0.2) is 0 Å². The molecule has 0 fully saturated rings. The number of hydrogen-bond donors (Lipinski definition) is 0. The van der Waals surface area contributed by atoms with Crippen LogP contribution in [0.3, 0.4) is 0 Å². The largest absolute Gasteiger partial charge is 0.266 e. The zero-order valence-electron chi connectivity index (χ0n) is 11.6. The van der Waals surface area contributed by atoms with E-state index in [0.29, 0.717) is 16.7 Å². The molecule has 22 heavy (non-hydrogen) atoms. The van der Waals surface area contributed by atoms with Crippen molar-refractivity contribution >= 4 is 38.5 Å². The summed E-state index contributed by atoms with van der Waals surface area (Å²) in [5.41, 5.74) is 1.57. The molecule has 0 aliphatic carbocycles. The van der Waals surface area contributed by atoms with E-state index in [1.165, 1.54) is 4.31 Å². The number of nitrogens with zero attached hydrogens (tertiary/aromatic N) is 3. The lowest BCUT2D eigenvalue weighted by molar-refractivity contribution is 0.593. The molecule has 0 saturated heterocycles. The van der Waals surface area contributed by atoms with E-state index in [2.05, 4.69) is 15.3 Å². The maximum absolute atomic E-state index is 13.0. The fourth-order valence-corrected chi connectivity index (χ4v) is 4.35. The molecule has 0 amide bonds. The van der Waals surface area contributed by atoms with Crippen LogP contribution in [0.4, 0.5) is 5.69 Å². The number of aromatic nitrogens is 2. The molecule has 1 heterocycles. The van der Waals surface area contributed by atoms with Crippen LogP contribution in [-0.2, 0) is 10.0 Å². The predicted octanol–water partition coefficient (Wildman–Crippen LogP) is 3.07. The lowest BCUT2D eigenvalue weighted by atomic mass is 10.3. The molecule has 0 spiro atoms. The number of hydrogen-bond acceptors (Lipinski definition) is 5. The number of rotatable bonds is 5. The smallest absolute Gasteiger partial charge is 0.262 e. The van der Waals surface area contributed by atoms with E-state index in [1.807, 2.05) is 6.07 Å². The molecule has 0 aliphatic rings. The topological polar surface area (TPSA) is 63.2 Å². The first-order valence-corrected chi connectivity index (χ1v) is 8.71. The summed E-state index contributed by atoms with van der Waals surface area (Å²) in [4.78, 5) is 0.157. The Morgan fingerprint density at radius 1 is 1.09 bits per heavy atom. The molecule has 0 saturated carbocycles. The third kappa shape index (κ3) is 2.49. The van der Waals surface area contributed by atoms with Crippen LogP contribution in [0.1, 0.15) is 0 Å². The average molecular weight is 331 g/mol. The Kier molecular flexibility index (Phi) is 3.91.